The third-order valence-electron chi connectivity index (χ3n) is 4.38. The summed E-state index contributed by atoms with van der Waals surface area (Å²) in [7, 11) is 0. The fraction of sp³-hybridized carbons (Fsp3) is 0.625. The first kappa shape index (κ1) is 14.7. The number of fused-ring (bicyclic) bond motifs is 1. The molecule has 1 atom stereocenters. The van der Waals surface area contributed by atoms with E-state index in [1.165, 1.54) is 43.4 Å². The minimum atomic E-state index is 0.633. The van der Waals surface area contributed by atoms with Crippen LogP contribution >= 0.6 is 27.5 Å². The summed E-state index contributed by atoms with van der Waals surface area (Å²) in [6, 6.07) is 4.77. The van der Waals surface area contributed by atoms with Crippen molar-refractivity contribution in [2.45, 2.75) is 44.7 Å². The first-order valence-electron chi connectivity index (χ1n) is 7.52. The van der Waals surface area contributed by atoms with E-state index >= 15 is 0 Å². The van der Waals surface area contributed by atoms with Crippen molar-refractivity contribution in [3.05, 3.63) is 28.3 Å². The number of hydrogen-bond acceptors (Lipinski definition) is 2. The summed E-state index contributed by atoms with van der Waals surface area (Å²) < 4.78 is 5.83. The number of benzene rings is 1. The monoisotopic (exact) mass is 357 g/mol. The van der Waals surface area contributed by atoms with E-state index in [0.717, 1.165) is 35.7 Å². The maximum Gasteiger partial charge on any atom is 0.127 e. The zero-order chi connectivity index (χ0) is 13.9. The van der Waals surface area contributed by atoms with Gasteiger partial charge in [0.15, 0.2) is 0 Å². The summed E-state index contributed by atoms with van der Waals surface area (Å²) in [4.78, 5) is 2.59. The minimum absolute atomic E-state index is 0.633. The Morgan fingerprint density at radius 3 is 3.05 bits per heavy atom. The number of nitrogens with zero attached hydrogens (tertiary/aromatic N) is 1. The van der Waals surface area contributed by atoms with Gasteiger partial charge in [0.25, 0.3) is 0 Å². The van der Waals surface area contributed by atoms with Crippen LogP contribution in [0, 0.1) is 0 Å². The summed E-state index contributed by atoms with van der Waals surface area (Å²) in [6.45, 7) is 2.93. The van der Waals surface area contributed by atoms with Crippen molar-refractivity contribution in [3.63, 3.8) is 0 Å². The average molecular weight is 359 g/mol. The molecular weight excluding hydrogens is 338 g/mol. The van der Waals surface area contributed by atoms with Gasteiger partial charge >= 0.3 is 0 Å². The van der Waals surface area contributed by atoms with Gasteiger partial charge in [0.1, 0.15) is 5.75 Å². The summed E-state index contributed by atoms with van der Waals surface area (Å²) >= 11 is 9.94. The molecule has 0 saturated carbocycles. The number of rotatable bonds is 3. The smallest absolute Gasteiger partial charge is 0.127 e. The Bertz CT molecular complexity index is 480. The van der Waals surface area contributed by atoms with Gasteiger partial charge in [0.2, 0.25) is 0 Å². The molecule has 0 aromatic heterocycles. The largest absolute Gasteiger partial charge is 0.493 e. The van der Waals surface area contributed by atoms with Crippen molar-refractivity contribution in [2.75, 3.05) is 18.5 Å². The molecule has 1 unspecified atom stereocenters. The Morgan fingerprint density at radius 2 is 2.20 bits per heavy atom. The first-order chi connectivity index (χ1) is 9.78. The summed E-state index contributed by atoms with van der Waals surface area (Å²) in [5, 5.41) is 1.89. The maximum absolute atomic E-state index is 6.27. The van der Waals surface area contributed by atoms with Gasteiger partial charge in [0, 0.05) is 34.9 Å². The minimum Gasteiger partial charge on any atom is -0.493 e. The molecule has 0 spiro atoms. The van der Waals surface area contributed by atoms with E-state index in [2.05, 4.69) is 33.0 Å². The van der Waals surface area contributed by atoms with Gasteiger partial charge in [-0.2, -0.15) is 0 Å². The van der Waals surface area contributed by atoms with Gasteiger partial charge in [-0.1, -0.05) is 40.4 Å². The molecule has 2 aliphatic heterocycles. The highest BCUT2D eigenvalue weighted by molar-refractivity contribution is 9.09. The number of alkyl halides is 1. The maximum atomic E-state index is 6.27. The van der Waals surface area contributed by atoms with Crippen LogP contribution in [-0.2, 0) is 13.0 Å². The third kappa shape index (κ3) is 3.15. The quantitative estimate of drug-likeness (QED) is 0.742. The molecule has 0 bridgehead atoms. The lowest BCUT2D eigenvalue weighted by Gasteiger charge is -2.29. The molecule has 20 heavy (non-hydrogen) atoms. The second-order valence-electron chi connectivity index (χ2n) is 5.78. The number of hydrogen-bond donors (Lipinski definition) is 0. The highest BCUT2D eigenvalue weighted by Crippen LogP contribution is 2.34. The zero-order valence-electron chi connectivity index (χ0n) is 11.7. The third-order valence-corrected chi connectivity index (χ3v) is 5.34. The molecule has 3 rings (SSSR count). The van der Waals surface area contributed by atoms with E-state index in [4.69, 9.17) is 16.3 Å². The van der Waals surface area contributed by atoms with Crippen molar-refractivity contribution < 1.29 is 4.74 Å². The molecule has 1 saturated heterocycles. The Kier molecular flexibility index (Phi) is 4.90. The van der Waals surface area contributed by atoms with Crippen LogP contribution in [-0.4, -0.2) is 29.4 Å². The molecule has 1 aromatic rings. The van der Waals surface area contributed by atoms with Crippen molar-refractivity contribution in [3.8, 4) is 5.75 Å². The standard InChI is InChI=1S/C16H21BrClNO/c17-10-15-4-2-1-3-6-19(15)11-13-9-14(18)8-12-5-7-20-16(12)13/h8-9,15H,1-7,10-11H2. The van der Waals surface area contributed by atoms with Crippen LogP contribution in [0.3, 0.4) is 0 Å². The Balaban J connectivity index is 1.82. The van der Waals surface area contributed by atoms with E-state index in [1.54, 1.807) is 0 Å². The highest BCUT2D eigenvalue weighted by atomic mass is 79.9. The SMILES string of the molecule is Clc1cc2c(c(CN3CCCCCC3CBr)c1)OCC2. The lowest BCUT2D eigenvalue weighted by molar-refractivity contribution is 0.206. The normalized spacial score (nSPS) is 23.2. The second-order valence-corrected chi connectivity index (χ2v) is 6.86. The molecule has 0 amide bonds. The Hall–Kier alpha value is -0.250. The molecule has 110 valence electrons. The molecule has 0 N–H and O–H groups in total. The molecule has 2 aliphatic rings. The van der Waals surface area contributed by atoms with Crippen LogP contribution in [0.1, 0.15) is 36.8 Å². The summed E-state index contributed by atoms with van der Waals surface area (Å²) in [5.74, 6) is 1.09. The van der Waals surface area contributed by atoms with Crippen molar-refractivity contribution >= 4 is 27.5 Å². The van der Waals surface area contributed by atoms with Crippen LogP contribution in [0.2, 0.25) is 5.02 Å². The summed E-state index contributed by atoms with van der Waals surface area (Å²) in [6.07, 6.45) is 6.27. The second kappa shape index (κ2) is 6.67. The van der Waals surface area contributed by atoms with Crippen molar-refractivity contribution in [1.82, 2.24) is 4.90 Å². The van der Waals surface area contributed by atoms with Crippen molar-refractivity contribution in [1.29, 1.82) is 0 Å². The van der Waals surface area contributed by atoms with E-state index in [-0.39, 0.29) is 0 Å². The molecule has 2 nitrogen and oxygen atoms in total. The van der Waals surface area contributed by atoms with E-state index < -0.39 is 0 Å². The Morgan fingerprint density at radius 1 is 1.30 bits per heavy atom. The molecule has 2 heterocycles. The van der Waals surface area contributed by atoms with Gasteiger partial charge in [-0.15, -0.1) is 0 Å². The van der Waals surface area contributed by atoms with E-state index in [1.807, 2.05) is 0 Å². The average Bonchev–Trinajstić information content (AvgIpc) is 2.78. The van der Waals surface area contributed by atoms with Crippen molar-refractivity contribution in [2.24, 2.45) is 0 Å². The predicted octanol–water partition coefficient (Wildman–Crippen LogP) is 4.41. The van der Waals surface area contributed by atoms with Gasteiger partial charge in [-0.3, -0.25) is 4.90 Å². The van der Waals surface area contributed by atoms with Gasteiger partial charge in [0.05, 0.1) is 6.61 Å². The number of ether oxygens (including phenoxy) is 1. The highest BCUT2D eigenvalue weighted by Gasteiger charge is 2.24. The lowest BCUT2D eigenvalue weighted by Crippen LogP contribution is -2.35. The molecular formula is C16H21BrClNO. The number of halogens is 2. The van der Waals surface area contributed by atoms with E-state index in [0.29, 0.717) is 6.04 Å². The molecule has 0 aliphatic carbocycles. The Labute approximate surface area is 134 Å². The fourth-order valence-corrected chi connectivity index (χ4v) is 4.30. The molecule has 1 aromatic carbocycles. The molecule has 0 radical (unpaired) electrons. The first-order valence-corrected chi connectivity index (χ1v) is 9.02. The van der Waals surface area contributed by atoms with Gasteiger partial charge < -0.3 is 4.74 Å². The molecule has 4 heteroatoms. The van der Waals surface area contributed by atoms with Crippen LogP contribution in [0.5, 0.6) is 5.75 Å². The van der Waals surface area contributed by atoms with Crippen LogP contribution < -0.4 is 4.74 Å². The van der Waals surface area contributed by atoms with Gasteiger partial charge in [-0.25, -0.2) is 0 Å². The van der Waals surface area contributed by atoms with Crippen LogP contribution in [0.15, 0.2) is 12.1 Å². The van der Waals surface area contributed by atoms with Crippen LogP contribution in [0.4, 0.5) is 0 Å². The van der Waals surface area contributed by atoms with Gasteiger partial charge in [-0.05, 0) is 37.1 Å². The summed E-state index contributed by atoms with van der Waals surface area (Å²) in [5.41, 5.74) is 2.54. The fourth-order valence-electron chi connectivity index (χ4n) is 3.30. The topological polar surface area (TPSA) is 12.5 Å². The lowest BCUT2D eigenvalue weighted by atomic mass is 10.1. The van der Waals surface area contributed by atoms with Crippen LogP contribution in [0.25, 0.3) is 0 Å². The predicted molar refractivity (Wildman–Crippen MR) is 87.1 cm³/mol. The molecule has 1 fully saturated rings. The van der Waals surface area contributed by atoms with E-state index in [9.17, 15) is 0 Å². The zero-order valence-corrected chi connectivity index (χ0v) is 14.0. The number of likely N-dealkylation sites (tertiary alicyclic amines) is 1.